The molecular weight excluding hydrogens is 464 g/mol. The zero-order valence-corrected chi connectivity index (χ0v) is 17.9. The number of halogens is 2. The van der Waals surface area contributed by atoms with Crippen LogP contribution >= 0.6 is 27.5 Å². The molecule has 1 amide bonds. The molecule has 8 heteroatoms. The van der Waals surface area contributed by atoms with Gasteiger partial charge in [-0.2, -0.15) is 0 Å². The zero-order chi connectivity index (χ0) is 20.3. The Balaban J connectivity index is 1.89. The summed E-state index contributed by atoms with van der Waals surface area (Å²) in [4.78, 5) is 12.9. The molecule has 2 N–H and O–H groups in total. The van der Waals surface area contributed by atoms with Gasteiger partial charge < -0.3 is 5.32 Å². The van der Waals surface area contributed by atoms with E-state index in [1.165, 1.54) is 18.2 Å². The third-order valence-electron chi connectivity index (χ3n) is 4.06. The van der Waals surface area contributed by atoms with Crippen molar-refractivity contribution in [3.8, 4) is 0 Å². The lowest BCUT2D eigenvalue weighted by atomic mass is 10.1. The number of benzene rings is 3. The van der Waals surface area contributed by atoms with Crippen molar-refractivity contribution in [3.05, 3.63) is 87.4 Å². The highest BCUT2D eigenvalue weighted by Crippen LogP contribution is 2.26. The van der Waals surface area contributed by atoms with Crippen molar-refractivity contribution in [1.82, 2.24) is 0 Å². The molecule has 0 bridgehead atoms. The molecule has 0 saturated heterocycles. The summed E-state index contributed by atoms with van der Waals surface area (Å²) in [6.07, 6.45) is 0. The van der Waals surface area contributed by atoms with Gasteiger partial charge in [0.25, 0.3) is 15.9 Å². The van der Waals surface area contributed by atoms with E-state index in [2.05, 4.69) is 26.0 Å². The molecule has 0 aliphatic carbocycles. The summed E-state index contributed by atoms with van der Waals surface area (Å²) in [5.41, 5.74) is 1.67. The topological polar surface area (TPSA) is 75.3 Å². The van der Waals surface area contributed by atoms with Gasteiger partial charge in [-0.15, -0.1) is 0 Å². The van der Waals surface area contributed by atoms with Crippen LogP contribution in [0.4, 0.5) is 11.4 Å². The minimum Gasteiger partial charge on any atom is -0.322 e. The average molecular weight is 480 g/mol. The minimum atomic E-state index is -3.85. The Bertz CT molecular complexity index is 1130. The van der Waals surface area contributed by atoms with E-state index in [4.69, 9.17) is 11.6 Å². The summed E-state index contributed by atoms with van der Waals surface area (Å²) < 4.78 is 28.6. The minimum absolute atomic E-state index is 0.0941. The van der Waals surface area contributed by atoms with E-state index in [9.17, 15) is 13.2 Å². The molecular formula is C20H16BrClN2O3S. The number of hydrogen-bond donors (Lipinski definition) is 2. The number of carbonyl (C=O) groups is 1. The predicted molar refractivity (Wildman–Crippen MR) is 116 cm³/mol. The molecule has 5 nitrogen and oxygen atoms in total. The molecule has 3 rings (SSSR count). The van der Waals surface area contributed by atoms with E-state index in [-0.39, 0.29) is 16.1 Å². The monoisotopic (exact) mass is 478 g/mol. The van der Waals surface area contributed by atoms with Crippen LogP contribution in [-0.2, 0) is 10.0 Å². The molecule has 0 aliphatic rings. The number of anilines is 2. The number of hydrogen-bond acceptors (Lipinski definition) is 3. The molecule has 3 aromatic carbocycles. The SMILES string of the molecule is Cc1c(Cl)cccc1NC(=O)c1ccccc1NS(=O)(=O)c1ccc(Br)cc1. The van der Waals surface area contributed by atoms with E-state index >= 15 is 0 Å². The third-order valence-corrected chi connectivity index (χ3v) is 6.38. The molecule has 144 valence electrons. The van der Waals surface area contributed by atoms with Crippen molar-refractivity contribution in [2.75, 3.05) is 10.0 Å². The van der Waals surface area contributed by atoms with Gasteiger partial charge in [-0.05, 0) is 61.0 Å². The Morgan fingerprint density at radius 3 is 2.29 bits per heavy atom. The maximum absolute atomic E-state index is 12.8. The van der Waals surface area contributed by atoms with Crippen LogP contribution in [0.2, 0.25) is 5.02 Å². The Labute approximate surface area is 176 Å². The van der Waals surface area contributed by atoms with E-state index in [1.807, 2.05) is 0 Å². The van der Waals surface area contributed by atoms with Crippen molar-refractivity contribution >= 4 is 54.8 Å². The second-order valence-electron chi connectivity index (χ2n) is 5.97. The van der Waals surface area contributed by atoms with Crippen LogP contribution in [0.25, 0.3) is 0 Å². The molecule has 0 fully saturated rings. The summed E-state index contributed by atoms with van der Waals surface area (Å²) in [5, 5.41) is 3.31. The lowest BCUT2D eigenvalue weighted by Gasteiger charge is -2.14. The average Bonchev–Trinajstić information content (AvgIpc) is 2.66. The first-order valence-electron chi connectivity index (χ1n) is 8.22. The summed E-state index contributed by atoms with van der Waals surface area (Å²) >= 11 is 9.37. The molecule has 0 saturated carbocycles. The molecule has 3 aromatic rings. The van der Waals surface area contributed by atoms with E-state index in [0.29, 0.717) is 10.7 Å². The van der Waals surface area contributed by atoms with Crippen molar-refractivity contribution < 1.29 is 13.2 Å². The lowest BCUT2D eigenvalue weighted by Crippen LogP contribution is -2.19. The molecule has 0 spiro atoms. The van der Waals surface area contributed by atoms with Crippen molar-refractivity contribution in [1.29, 1.82) is 0 Å². The van der Waals surface area contributed by atoms with Gasteiger partial charge in [0, 0.05) is 15.2 Å². The van der Waals surface area contributed by atoms with E-state index in [0.717, 1.165) is 10.0 Å². The standard InChI is InChI=1S/C20H16BrClN2O3S/c1-13-17(22)6-4-8-18(13)23-20(25)16-5-2-3-7-19(16)24-28(26,27)15-11-9-14(21)10-12-15/h2-12,24H,1H3,(H,23,25). The first kappa shape index (κ1) is 20.4. The fourth-order valence-corrected chi connectivity index (χ4v) is 4.04. The summed E-state index contributed by atoms with van der Waals surface area (Å²) in [6, 6.07) is 17.8. The fourth-order valence-electron chi connectivity index (χ4n) is 2.52. The van der Waals surface area contributed by atoms with Crippen molar-refractivity contribution in [2.24, 2.45) is 0 Å². The van der Waals surface area contributed by atoms with Gasteiger partial charge in [-0.25, -0.2) is 8.42 Å². The number of amides is 1. The highest BCUT2D eigenvalue weighted by Gasteiger charge is 2.19. The predicted octanol–water partition coefficient (Wildman–Crippen LogP) is 5.46. The highest BCUT2D eigenvalue weighted by atomic mass is 79.9. The number of para-hydroxylation sites is 1. The van der Waals surface area contributed by atoms with Crippen LogP contribution in [0.3, 0.4) is 0 Å². The molecule has 0 heterocycles. The van der Waals surface area contributed by atoms with Crippen LogP contribution in [0.15, 0.2) is 76.1 Å². The van der Waals surface area contributed by atoms with Gasteiger partial charge in [0.15, 0.2) is 0 Å². The quantitative estimate of drug-likeness (QED) is 0.510. The first-order chi connectivity index (χ1) is 13.3. The second-order valence-corrected chi connectivity index (χ2v) is 8.98. The molecule has 0 aromatic heterocycles. The number of carbonyl (C=O) groups excluding carboxylic acids is 1. The van der Waals surface area contributed by atoms with Crippen molar-refractivity contribution in [2.45, 2.75) is 11.8 Å². The highest BCUT2D eigenvalue weighted by molar-refractivity contribution is 9.10. The van der Waals surface area contributed by atoms with Crippen LogP contribution in [-0.4, -0.2) is 14.3 Å². The third kappa shape index (κ3) is 4.55. The van der Waals surface area contributed by atoms with E-state index < -0.39 is 15.9 Å². The number of rotatable bonds is 5. The van der Waals surface area contributed by atoms with Gasteiger partial charge in [0.1, 0.15) is 0 Å². The maximum Gasteiger partial charge on any atom is 0.261 e. The van der Waals surface area contributed by atoms with Gasteiger partial charge in [0.2, 0.25) is 0 Å². The van der Waals surface area contributed by atoms with Crippen LogP contribution in [0.5, 0.6) is 0 Å². The molecule has 28 heavy (non-hydrogen) atoms. The Morgan fingerprint density at radius 2 is 1.57 bits per heavy atom. The maximum atomic E-state index is 12.8. The molecule has 0 unspecified atom stereocenters. The molecule has 0 atom stereocenters. The number of nitrogens with one attached hydrogen (secondary N) is 2. The lowest BCUT2D eigenvalue weighted by molar-refractivity contribution is 0.102. The molecule has 0 aliphatic heterocycles. The zero-order valence-electron chi connectivity index (χ0n) is 14.7. The smallest absolute Gasteiger partial charge is 0.261 e. The Hall–Kier alpha value is -2.35. The van der Waals surface area contributed by atoms with Crippen molar-refractivity contribution in [3.63, 3.8) is 0 Å². The Morgan fingerprint density at radius 1 is 0.929 bits per heavy atom. The van der Waals surface area contributed by atoms with Crippen LogP contribution in [0, 0.1) is 6.92 Å². The Kier molecular flexibility index (Phi) is 6.07. The van der Waals surface area contributed by atoms with E-state index in [1.54, 1.807) is 55.5 Å². The fraction of sp³-hybridized carbons (Fsp3) is 0.0500. The largest absolute Gasteiger partial charge is 0.322 e. The van der Waals surface area contributed by atoms with Gasteiger partial charge in [-0.3, -0.25) is 9.52 Å². The normalized spacial score (nSPS) is 11.1. The van der Waals surface area contributed by atoms with Crippen LogP contribution in [0.1, 0.15) is 15.9 Å². The summed E-state index contributed by atoms with van der Waals surface area (Å²) in [6.45, 7) is 1.79. The summed E-state index contributed by atoms with van der Waals surface area (Å²) in [5.74, 6) is -0.445. The first-order valence-corrected chi connectivity index (χ1v) is 10.9. The van der Waals surface area contributed by atoms with Gasteiger partial charge in [0.05, 0.1) is 16.1 Å². The summed E-state index contributed by atoms with van der Waals surface area (Å²) in [7, 11) is -3.85. The van der Waals surface area contributed by atoms with Gasteiger partial charge in [-0.1, -0.05) is 45.7 Å². The second kappa shape index (κ2) is 8.34. The van der Waals surface area contributed by atoms with Gasteiger partial charge >= 0.3 is 0 Å². The molecule has 0 radical (unpaired) electrons. The number of sulfonamides is 1. The van der Waals surface area contributed by atoms with Crippen LogP contribution < -0.4 is 10.0 Å².